The predicted octanol–water partition coefficient (Wildman–Crippen LogP) is 3.79. The fourth-order valence-corrected chi connectivity index (χ4v) is 3.52. The molecule has 3 nitrogen and oxygen atoms in total. The van der Waals surface area contributed by atoms with Crippen LogP contribution >= 0.6 is 11.8 Å². The van der Waals surface area contributed by atoms with Crippen molar-refractivity contribution in [2.24, 2.45) is 5.92 Å². The maximum atomic E-state index is 13.0. The van der Waals surface area contributed by atoms with Gasteiger partial charge in [0.1, 0.15) is 5.82 Å². The molecule has 1 aromatic heterocycles. The molecule has 0 radical (unpaired) electrons. The van der Waals surface area contributed by atoms with E-state index in [2.05, 4.69) is 14.9 Å². The molecule has 5 heteroatoms. The van der Waals surface area contributed by atoms with E-state index >= 15 is 0 Å². The lowest BCUT2D eigenvalue weighted by atomic mass is 9.91. The number of benzene rings is 1. The Labute approximate surface area is 141 Å². The van der Waals surface area contributed by atoms with E-state index in [-0.39, 0.29) is 5.82 Å². The molecule has 1 fully saturated rings. The summed E-state index contributed by atoms with van der Waals surface area (Å²) in [5.41, 5.74) is 2.40. The topological polar surface area (TPSA) is 29.0 Å². The van der Waals surface area contributed by atoms with Gasteiger partial charge in [0.15, 0.2) is 5.16 Å². The first-order valence-corrected chi connectivity index (χ1v) is 9.27. The van der Waals surface area contributed by atoms with Crippen LogP contribution in [0.1, 0.15) is 24.0 Å². The van der Waals surface area contributed by atoms with E-state index in [9.17, 15) is 4.39 Å². The van der Waals surface area contributed by atoms with E-state index in [0.29, 0.717) is 5.92 Å². The molecular weight excluding hydrogens is 309 g/mol. The third-order valence-electron chi connectivity index (χ3n) is 4.31. The van der Waals surface area contributed by atoms with Gasteiger partial charge in [-0.2, -0.15) is 0 Å². The maximum absolute atomic E-state index is 13.0. The molecule has 0 saturated carbocycles. The number of likely N-dealkylation sites (tertiary alicyclic amines) is 1. The molecule has 23 heavy (non-hydrogen) atoms. The first-order valence-electron chi connectivity index (χ1n) is 8.04. The highest BCUT2D eigenvalue weighted by molar-refractivity contribution is 7.98. The van der Waals surface area contributed by atoms with Crippen LogP contribution in [0.3, 0.4) is 0 Å². The van der Waals surface area contributed by atoms with Crippen LogP contribution in [-0.4, -0.2) is 34.2 Å². The maximum Gasteiger partial charge on any atom is 0.187 e. The molecule has 0 N–H and O–H groups in total. The molecule has 0 spiro atoms. The Kier molecular flexibility index (Phi) is 5.62. The summed E-state index contributed by atoms with van der Waals surface area (Å²) in [7, 11) is 0. The number of nitrogens with zero attached hydrogens (tertiary/aromatic N) is 3. The molecule has 2 heterocycles. The van der Waals surface area contributed by atoms with Crippen molar-refractivity contribution in [3.63, 3.8) is 0 Å². The van der Waals surface area contributed by atoms with Gasteiger partial charge in [0, 0.05) is 31.0 Å². The second-order valence-corrected chi connectivity index (χ2v) is 6.93. The van der Waals surface area contributed by atoms with Crippen molar-refractivity contribution in [3.05, 3.63) is 53.6 Å². The van der Waals surface area contributed by atoms with Crippen molar-refractivity contribution >= 4 is 11.8 Å². The highest BCUT2D eigenvalue weighted by Gasteiger charge is 2.20. The highest BCUT2D eigenvalue weighted by Crippen LogP contribution is 2.22. The monoisotopic (exact) mass is 331 g/mol. The lowest BCUT2D eigenvalue weighted by Gasteiger charge is -2.32. The third-order valence-corrected chi connectivity index (χ3v) is 4.89. The van der Waals surface area contributed by atoms with Gasteiger partial charge in [0.05, 0.1) is 0 Å². The van der Waals surface area contributed by atoms with E-state index < -0.39 is 0 Å². The van der Waals surface area contributed by atoms with Crippen LogP contribution < -0.4 is 0 Å². The lowest BCUT2D eigenvalue weighted by Crippen LogP contribution is -2.35. The minimum atomic E-state index is -0.160. The predicted molar refractivity (Wildman–Crippen MR) is 91.9 cm³/mol. The number of aromatic nitrogens is 2. The number of hydrogen-bond acceptors (Lipinski definition) is 4. The Bertz CT molecular complexity index is 615. The summed E-state index contributed by atoms with van der Waals surface area (Å²) in [6.45, 7) is 3.13. The summed E-state index contributed by atoms with van der Waals surface area (Å²) in [6, 6.07) is 6.92. The van der Waals surface area contributed by atoms with Crippen LogP contribution in [0, 0.1) is 11.7 Å². The van der Waals surface area contributed by atoms with Crippen LogP contribution in [-0.2, 0) is 13.0 Å². The smallest absolute Gasteiger partial charge is 0.187 e. The zero-order valence-electron chi connectivity index (χ0n) is 13.4. The zero-order valence-corrected chi connectivity index (χ0v) is 14.2. The van der Waals surface area contributed by atoms with E-state index in [0.717, 1.165) is 31.2 Å². The largest absolute Gasteiger partial charge is 0.299 e. The number of thioether (sulfide) groups is 1. The second kappa shape index (κ2) is 7.88. The zero-order chi connectivity index (χ0) is 16.1. The summed E-state index contributed by atoms with van der Waals surface area (Å²) in [6.07, 6.45) is 9.34. The molecule has 1 aromatic carbocycles. The van der Waals surface area contributed by atoms with E-state index in [1.165, 1.54) is 24.0 Å². The van der Waals surface area contributed by atoms with Crippen LogP contribution in [0.2, 0.25) is 0 Å². The first kappa shape index (κ1) is 16.4. The Morgan fingerprint density at radius 2 is 1.91 bits per heavy atom. The van der Waals surface area contributed by atoms with Gasteiger partial charge in [-0.3, -0.25) is 4.90 Å². The molecule has 0 amide bonds. The molecule has 3 rings (SSSR count). The Morgan fingerprint density at radius 1 is 1.17 bits per heavy atom. The van der Waals surface area contributed by atoms with Crippen LogP contribution in [0.5, 0.6) is 0 Å². The normalized spacial score (nSPS) is 19.0. The Balaban J connectivity index is 1.55. The quantitative estimate of drug-likeness (QED) is 0.616. The van der Waals surface area contributed by atoms with Gasteiger partial charge in [0.25, 0.3) is 0 Å². The minimum Gasteiger partial charge on any atom is -0.299 e. The summed E-state index contributed by atoms with van der Waals surface area (Å²) in [4.78, 5) is 11.2. The third kappa shape index (κ3) is 4.75. The van der Waals surface area contributed by atoms with Crippen LogP contribution in [0.15, 0.2) is 41.8 Å². The van der Waals surface area contributed by atoms with E-state index in [4.69, 9.17) is 0 Å². The fraction of sp³-hybridized carbons (Fsp3) is 0.444. The van der Waals surface area contributed by atoms with Crippen molar-refractivity contribution in [2.45, 2.75) is 31.0 Å². The number of halogens is 1. The fourth-order valence-electron chi connectivity index (χ4n) is 3.20. The molecule has 1 saturated heterocycles. The van der Waals surface area contributed by atoms with Crippen molar-refractivity contribution in [1.29, 1.82) is 0 Å². The average molecular weight is 331 g/mol. The average Bonchev–Trinajstić information content (AvgIpc) is 2.58. The van der Waals surface area contributed by atoms with E-state index in [1.54, 1.807) is 23.9 Å². The van der Waals surface area contributed by atoms with Gasteiger partial charge in [-0.25, -0.2) is 14.4 Å². The molecule has 2 aromatic rings. The molecule has 0 unspecified atom stereocenters. The second-order valence-electron chi connectivity index (χ2n) is 6.15. The summed E-state index contributed by atoms with van der Waals surface area (Å²) in [5.74, 6) is 0.480. The van der Waals surface area contributed by atoms with E-state index in [1.807, 2.05) is 30.8 Å². The van der Waals surface area contributed by atoms with Gasteiger partial charge in [-0.1, -0.05) is 23.9 Å². The molecule has 1 aliphatic heterocycles. The molecule has 122 valence electrons. The van der Waals surface area contributed by atoms with Gasteiger partial charge in [-0.05, 0) is 55.7 Å². The SMILES string of the molecule is CSc1ncc(CN2CCC[C@@H](Cc3ccc(F)cc3)C2)cn1. The standard InChI is InChI=1S/C18H22FN3S/c1-23-18-20-10-16(11-21-18)13-22-8-2-3-15(12-22)9-14-4-6-17(19)7-5-14/h4-7,10-11,15H,2-3,8-9,12-13H2,1H3/t15-/m0/s1. The van der Waals surface area contributed by atoms with Gasteiger partial charge < -0.3 is 0 Å². The first-order chi connectivity index (χ1) is 11.2. The summed E-state index contributed by atoms with van der Waals surface area (Å²) < 4.78 is 13.0. The molecule has 1 atom stereocenters. The number of rotatable bonds is 5. The Morgan fingerprint density at radius 3 is 2.61 bits per heavy atom. The van der Waals surface area contributed by atoms with Gasteiger partial charge in [0.2, 0.25) is 0 Å². The van der Waals surface area contributed by atoms with Crippen LogP contribution in [0.25, 0.3) is 0 Å². The van der Waals surface area contributed by atoms with Crippen molar-refractivity contribution in [3.8, 4) is 0 Å². The highest BCUT2D eigenvalue weighted by atomic mass is 32.2. The van der Waals surface area contributed by atoms with Crippen molar-refractivity contribution in [2.75, 3.05) is 19.3 Å². The van der Waals surface area contributed by atoms with Gasteiger partial charge >= 0.3 is 0 Å². The van der Waals surface area contributed by atoms with Gasteiger partial charge in [-0.15, -0.1) is 0 Å². The van der Waals surface area contributed by atoms with Crippen molar-refractivity contribution < 1.29 is 4.39 Å². The van der Waals surface area contributed by atoms with Crippen molar-refractivity contribution in [1.82, 2.24) is 14.9 Å². The minimum absolute atomic E-state index is 0.160. The molecule has 0 aliphatic carbocycles. The summed E-state index contributed by atoms with van der Waals surface area (Å²) >= 11 is 1.56. The lowest BCUT2D eigenvalue weighted by molar-refractivity contribution is 0.166. The number of piperidine rings is 1. The summed E-state index contributed by atoms with van der Waals surface area (Å²) in [5, 5.41) is 0.821. The van der Waals surface area contributed by atoms with Crippen LogP contribution in [0.4, 0.5) is 4.39 Å². The molecular formula is C18H22FN3S. The molecule has 0 bridgehead atoms. The molecule has 1 aliphatic rings. The number of hydrogen-bond donors (Lipinski definition) is 0. The Hall–Kier alpha value is -1.46.